The summed E-state index contributed by atoms with van der Waals surface area (Å²) in [6.07, 6.45) is 0.289. The Morgan fingerprint density at radius 3 is 2.05 bits per heavy atom. The lowest BCUT2D eigenvalue weighted by atomic mass is 10.2. The highest BCUT2D eigenvalue weighted by molar-refractivity contribution is 7.87. The van der Waals surface area contributed by atoms with Crippen molar-refractivity contribution in [3.05, 3.63) is 64.1 Å². The molecule has 0 radical (unpaired) electrons. The van der Waals surface area contributed by atoms with E-state index in [4.69, 9.17) is 23.2 Å². The van der Waals surface area contributed by atoms with E-state index in [1.807, 2.05) is 19.9 Å². The van der Waals surface area contributed by atoms with Crippen LogP contribution in [-0.2, 0) is 4.57 Å². The summed E-state index contributed by atoms with van der Waals surface area (Å²) in [7, 11) is -3.30. The van der Waals surface area contributed by atoms with Crippen LogP contribution in [0.2, 0.25) is 10.0 Å². The van der Waals surface area contributed by atoms with Crippen LogP contribution < -0.4 is 5.30 Å². The van der Waals surface area contributed by atoms with E-state index in [1.165, 1.54) is 0 Å². The molecule has 0 amide bonds. The van der Waals surface area contributed by atoms with Crippen molar-refractivity contribution in [1.82, 2.24) is 0 Å². The normalized spacial score (nSPS) is 13.9. The third-order valence-electron chi connectivity index (χ3n) is 3.30. The van der Waals surface area contributed by atoms with Gasteiger partial charge in [-0.25, -0.2) is 0 Å². The first-order chi connectivity index (χ1) is 10.4. The van der Waals surface area contributed by atoms with Crippen LogP contribution in [0.15, 0.2) is 48.5 Å². The van der Waals surface area contributed by atoms with Crippen LogP contribution in [0.1, 0.15) is 24.2 Å². The molecule has 2 aromatic carbocycles. The molecule has 0 aliphatic rings. The Bertz CT molecular complexity index is 706. The van der Waals surface area contributed by atoms with Gasteiger partial charge >= 0.3 is 0 Å². The van der Waals surface area contributed by atoms with Crippen LogP contribution in [-0.4, -0.2) is 11.7 Å². The van der Waals surface area contributed by atoms with Crippen molar-refractivity contribution in [2.24, 2.45) is 5.92 Å². The molecule has 0 aromatic heterocycles. The van der Waals surface area contributed by atoms with Crippen LogP contribution in [0.25, 0.3) is 0 Å². The first-order valence-electron chi connectivity index (χ1n) is 7.00. The highest BCUT2D eigenvalue weighted by Gasteiger charge is 2.37. The third kappa shape index (κ3) is 3.46. The van der Waals surface area contributed by atoms with Gasteiger partial charge in [-0.1, -0.05) is 73.4 Å². The zero-order valence-electron chi connectivity index (χ0n) is 12.4. The zero-order chi connectivity index (χ0) is 16.3. The molecule has 116 valence electrons. The average molecular weight is 355 g/mol. The van der Waals surface area contributed by atoms with Gasteiger partial charge in [0.15, 0.2) is 7.14 Å². The van der Waals surface area contributed by atoms with E-state index in [9.17, 15) is 9.36 Å². The highest BCUT2D eigenvalue weighted by Crippen LogP contribution is 2.51. The standard InChI is InChI=1S/C17H17Cl2O2P/c1-12(2)11-22(21,13-7-4-3-5-8-13)17(20)16-14(18)9-6-10-15(16)19/h3-10,12H,11H2,1-2H3. The van der Waals surface area contributed by atoms with Crippen LogP contribution in [0, 0.1) is 5.92 Å². The van der Waals surface area contributed by atoms with Crippen molar-refractivity contribution >= 4 is 41.2 Å². The highest BCUT2D eigenvalue weighted by atomic mass is 35.5. The number of carbonyl (C=O) groups excluding carboxylic acids is 1. The molecular weight excluding hydrogens is 338 g/mol. The summed E-state index contributed by atoms with van der Waals surface area (Å²) in [6.45, 7) is 3.88. The van der Waals surface area contributed by atoms with E-state index in [2.05, 4.69) is 0 Å². The van der Waals surface area contributed by atoms with Crippen molar-refractivity contribution in [2.75, 3.05) is 6.16 Å². The van der Waals surface area contributed by atoms with Crippen molar-refractivity contribution in [3.63, 3.8) is 0 Å². The lowest BCUT2D eigenvalue weighted by Crippen LogP contribution is -2.19. The molecule has 0 fully saturated rings. The molecule has 0 saturated carbocycles. The Morgan fingerprint density at radius 2 is 1.55 bits per heavy atom. The zero-order valence-corrected chi connectivity index (χ0v) is 14.8. The van der Waals surface area contributed by atoms with E-state index in [1.54, 1.807) is 42.5 Å². The topological polar surface area (TPSA) is 34.1 Å². The van der Waals surface area contributed by atoms with Gasteiger partial charge in [0, 0.05) is 11.5 Å². The summed E-state index contributed by atoms with van der Waals surface area (Å²) >= 11 is 12.3. The van der Waals surface area contributed by atoms with Crippen LogP contribution >= 0.6 is 30.3 Å². The Kier molecular flexibility index (Phi) is 5.50. The first-order valence-corrected chi connectivity index (χ1v) is 9.64. The second-order valence-corrected chi connectivity index (χ2v) is 9.14. The minimum absolute atomic E-state index is 0.108. The maximum atomic E-state index is 13.6. The molecule has 0 N–H and O–H groups in total. The molecule has 2 nitrogen and oxygen atoms in total. The number of hydrogen-bond acceptors (Lipinski definition) is 2. The second kappa shape index (κ2) is 7.00. The summed E-state index contributed by atoms with van der Waals surface area (Å²) in [5.74, 6) is 0.108. The molecule has 0 bridgehead atoms. The third-order valence-corrected chi connectivity index (χ3v) is 7.19. The summed E-state index contributed by atoms with van der Waals surface area (Å²) in [5, 5.41) is 1.01. The molecule has 0 aliphatic heterocycles. The van der Waals surface area contributed by atoms with Gasteiger partial charge in [-0.05, 0) is 18.1 Å². The van der Waals surface area contributed by atoms with E-state index in [0.29, 0.717) is 5.30 Å². The van der Waals surface area contributed by atoms with Gasteiger partial charge in [0.05, 0.1) is 15.6 Å². The number of carbonyl (C=O) groups is 1. The van der Waals surface area contributed by atoms with E-state index in [0.717, 1.165) is 0 Å². The maximum absolute atomic E-state index is 13.6. The second-order valence-electron chi connectivity index (χ2n) is 5.55. The fraction of sp³-hybridized carbons (Fsp3) is 0.235. The Hall–Kier alpha value is -1.08. The number of halogens is 2. The molecule has 1 unspecified atom stereocenters. The summed E-state index contributed by atoms with van der Waals surface area (Å²) < 4.78 is 13.6. The molecule has 2 aromatic rings. The van der Waals surface area contributed by atoms with Gasteiger partial charge in [0.25, 0.3) is 0 Å². The summed E-state index contributed by atoms with van der Waals surface area (Å²) in [4.78, 5) is 13.0. The molecule has 0 aliphatic carbocycles. The van der Waals surface area contributed by atoms with Gasteiger partial charge in [0.2, 0.25) is 5.52 Å². The molecule has 5 heteroatoms. The van der Waals surface area contributed by atoms with Crippen molar-refractivity contribution in [2.45, 2.75) is 13.8 Å². The van der Waals surface area contributed by atoms with E-state index in [-0.39, 0.29) is 27.7 Å². The largest absolute Gasteiger partial charge is 0.310 e. The van der Waals surface area contributed by atoms with Crippen LogP contribution in [0.5, 0.6) is 0 Å². The van der Waals surface area contributed by atoms with Gasteiger partial charge in [-0.3, -0.25) is 4.79 Å². The average Bonchev–Trinajstić information content (AvgIpc) is 2.47. The van der Waals surface area contributed by atoms with Gasteiger partial charge < -0.3 is 4.57 Å². The minimum Gasteiger partial charge on any atom is -0.310 e. The molecular formula is C17H17Cl2O2P. The fourth-order valence-electron chi connectivity index (χ4n) is 2.37. The van der Waals surface area contributed by atoms with E-state index < -0.39 is 12.7 Å². The Labute approximate surface area is 140 Å². The molecule has 22 heavy (non-hydrogen) atoms. The summed E-state index contributed by atoms with van der Waals surface area (Å²) in [6, 6.07) is 13.7. The van der Waals surface area contributed by atoms with Crippen molar-refractivity contribution < 1.29 is 9.36 Å². The number of hydrogen-bond donors (Lipinski definition) is 0. The number of benzene rings is 2. The maximum Gasteiger partial charge on any atom is 0.228 e. The fourth-order valence-corrected chi connectivity index (χ4v) is 5.97. The molecule has 0 heterocycles. The monoisotopic (exact) mass is 354 g/mol. The van der Waals surface area contributed by atoms with Gasteiger partial charge in [-0.2, -0.15) is 0 Å². The molecule has 0 spiro atoms. The Morgan fingerprint density at radius 1 is 1.00 bits per heavy atom. The lowest BCUT2D eigenvalue weighted by molar-refractivity contribution is 0.107. The SMILES string of the molecule is CC(C)CP(=O)(C(=O)c1c(Cl)cccc1Cl)c1ccccc1. The van der Waals surface area contributed by atoms with Crippen molar-refractivity contribution in [3.8, 4) is 0 Å². The van der Waals surface area contributed by atoms with Gasteiger partial charge in [-0.15, -0.1) is 0 Å². The molecule has 1 atom stereocenters. The first kappa shape index (κ1) is 17.3. The number of rotatable bonds is 5. The van der Waals surface area contributed by atoms with Crippen LogP contribution in [0.3, 0.4) is 0 Å². The predicted octanol–water partition coefficient (Wildman–Crippen LogP) is 5.48. The summed E-state index contributed by atoms with van der Waals surface area (Å²) in [5.41, 5.74) is -0.318. The Balaban J connectivity index is 2.60. The molecule has 0 saturated heterocycles. The van der Waals surface area contributed by atoms with Crippen molar-refractivity contribution in [1.29, 1.82) is 0 Å². The lowest BCUT2D eigenvalue weighted by Gasteiger charge is -2.20. The molecule has 2 rings (SSSR count). The quantitative estimate of drug-likeness (QED) is 0.666. The van der Waals surface area contributed by atoms with Gasteiger partial charge in [0.1, 0.15) is 0 Å². The van der Waals surface area contributed by atoms with E-state index >= 15 is 0 Å². The smallest absolute Gasteiger partial charge is 0.228 e. The van der Waals surface area contributed by atoms with Crippen LogP contribution in [0.4, 0.5) is 0 Å². The predicted molar refractivity (Wildman–Crippen MR) is 94.2 cm³/mol. The minimum atomic E-state index is -3.30.